The summed E-state index contributed by atoms with van der Waals surface area (Å²) in [6, 6.07) is -0.226. The Morgan fingerprint density at radius 2 is 2.20 bits per heavy atom. The lowest BCUT2D eigenvalue weighted by Crippen LogP contribution is -2.56. The topological polar surface area (TPSA) is 78.9 Å². The van der Waals surface area contributed by atoms with Crippen molar-refractivity contribution in [2.75, 3.05) is 26.7 Å². The smallest absolute Gasteiger partial charge is 0.317 e. The molecule has 0 aliphatic carbocycles. The van der Waals surface area contributed by atoms with E-state index in [0.29, 0.717) is 19.6 Å². The molecule has 0 aromatic carbocycles. The zero-order valence-corrected chi connectivity index (χ0v) is 8.90. The normalized spacial score (nSPS) is 18.1. The number of rotatable bonds is 4. The second-order valence-electron chi connectivity index (χ2n) is 3.67. The van der Waals surface area contributed by atoms with Crippen LogP contribution in [0.2, 0.25) is 0 Å². The van der Waals surface area contributed by atoms with Crippen molar-refractivity contribution in [3.63, 3.8) is 0 Å². The molecule has 1 saturated heterocycles. The Balaban J connectivity index is 2.18. The van der Waals surface area contributed by atoms with E-state index in [1.165, 1.54) is 4.90 Å². The zero-order chi connectivity index (χ0) is 11.4. The van der Waals surface area contributed by atoms with Crippen LogP contribution < -0.4 is 5.32 Å². The summed E-state index contributed by atoms with van der Waals surface area (Å²) in [6.45, 7) is 2.87. The third-order valence-corrected chi connectivity index (χ3v) is 2.46. The molecule has 1 atom stereocenters. The van der Waals surface area contributed by atoms with E-state index < -0.39 is 11.9 Å². The standard InChI is InChI=1S/C9H16N2O4/c1-6(15-2)3-10-9(14)11-4-7(5-11)8(12)13/h6-7H,3-5H2,1-2H3,(H,10,14)(H,12,13). The number of ether oxygens (including phenoxy) is 1. The molecule has 0 aromatic rings. The van der Waals surface area contributed by atoms with E-state index in [9.17, 15) is 9.59 Å². The Morgan fingerprint density at radius 1 is 1.60 bits per heavy atom. The van der Waals surface area contributed by atoms with E-state index in [4.69, 9.17) is 9.84 Å². The van der Waals surface area contributed by atoms with Crippen LogP contribution in [0.15, 0.2) is 0 Å². The van der Waals surface area contributed by atoms with Crippen LogP contribution in [0.25, 0.3) is 0 Å². The number of methoxy groups -OCH3 is 1. The monoisotopic (exact) mass is 216 g/mol. The van der Waals surface area contributed by atoms with Gasteiger partial charge in [0.05, 0.1) is 12.0 Å². The number of nitrogens with zero attached hydrogens (tertiary/aromatic N) is 1. The summed E-state index contributed by atoms with van der Waals surface area (Å²) in [4.78, 5) is 23.3. The van der Waals surface area contributed by atoms with Gasteiger partial charge in [-0.05, 0) is 6.92 Å². The quantitative estimate of drug-likeness (QED) is 0.679. The lowest BCUT2D eigenvalue weighted by molar-refractivity contribution is -0.146. The summed E-state index contributed by atoms with van der Waals surface area (Å²) in [6.07, 6.45) is -0.0366. The maximum Gasteiger partial charge on any atom is 0.317 e. The molecule has 0 aromatic heterocycles. The molecule has 1 heterocycles. The highest BCUT2D eigenvalue weighted by Gasteiger charge is 2.35. The number of nitrogens with one attached hydrogen (secondary N) is 1. The number of carbonyl (C=O) groups is 2. The van der Waals surface area contributed by atoms with Crippen LogP contribution >= 0.6 is 0 Å². The van der Waals surface area contributed by atoms with Gasteiger partial charge in [-0.3, -0.25) is 4.79 Å². The van der Waals surface area contributed by atoms with Crippen molar-refractivity contribution in [1.82, 2.24) is 10.2 Å². The molecule has 2 amide bonds. The van der Waals surface area contributed by atoms with E-state index in [1.807, 2.05) is 6.92 Å². The molecular formula is C9H16N2O4. The Bertz CT molecular complexity index is 250. The number of aliphatic carboxylic acids is 1. The largest absolute Gasteiger partial charge is 0.481 e. The second kappa shape index (κ2) is 4.97. The third kappa shape index (κ3) is 3.09. The number of carbonyl (C=O) groups excluding carboxylic acids is 1. The average Bonchev–Trinajstić information content (AvgIpc) is 2.11. The van der Waals surface area contributed by atoms with Gasteiger partial charge in [-0.2, -0.15) is 0 Å². The maximum atomic E-state index is 11.4. The summed E-state index contributed by atoms with van der Waals surface area (Å²) in [7, 11) is 1.57. The van der Waals surface area contributed by atoms with Gasteiger partial charge < -0.3 is 20.1 Å². The number of urea groups is 1. The Morgan fingerprint density at radius 3 is 2.67 bits per heavy atom. The summed E-state index contributed by atoms with van der Waals surface area (Å²) in [5.41, 5.74) is 0. The molecule has 1 aliphatic rings. The molecule has 6 nitrogen and oxygen atoms in total. The molecule has 0 spiro atoms. The molecule has 15 heavy (non-hydrogen) atoms. The van der Waals surface area contributed by atoms with Gasteiger partial charge in [-0.25, -0.2) is 4.79 Å². The van der Waals surface area contributed by atoms with Gasteiger partial charge in [0.25, 0.3) is 0 Å². The van der Waals surface area contributed by atoms with Gasteiger partial charge in [0.15, 0.2) is 0 Å². The molecule has 86 valence electrons. The van der Waals surface area contributed by atoms with Gasteiger partial charge in [0, 0.05) is 26.7 Å². The molecule has 2 N–H and O–H groups in total. The van der Waals surface area contributed by atoms with Crippen LogP contribution in [0.5, 0.6) is 0 Å². The molecule has 1 aliphatic heterocycles. The number of carboxylic acids is 1. The highest BCUT2D eigenvalue weighted by Crippen LogP contribution is 2.14. The van der Waals surface area contributed by atoms with Crippen molar-refractivity contribution in [2.24, 2.45) is 5.92 Å². The summed E-state index contributed by atoms with van der Waals surface area (Å²) >= 11 is 0. The number of hydrogen-bond acceptors (Lipinski definition) is 3. The Kier molecular flexibility index (Phi) is 3.90. The highest BCUT2D eigenvalue weighted by molar-refractivity contribution is 5.79. The molecule has 1 fully saturated rings. The van der Waals surface area contributed by atoms with Crippen molar-refractivity contribution in [1.29, 1.82) is 0 Å². The number of hydrogen-bond donors (Lipinski definition) is 2. The van der Waals surface area contributed by atoms with Gasteiger partial charge in [-0.1, -0.05) is 0 Å². The maximum absolute atomic E-state index is 11.4. The first-order valence-electron chi connectivity index (χ1n) is 4.83. The summed E-state index contributed by atoms with van der Waals surface area (Å²) < 4.78 is 4.96. The van der Waals surface area contributed by atoms with Crippen molar-refractivity contribution >= 4 is 12.0 Å². The first-order valence-corrected chi connectivity index (χ1v) is 4.83. The van der Waals surface area contributed by atoms with E-state index in [-0.39, 0.29) is 12.1 Å². The van der Waals surface area contributed by atoms with Gasteiger partial charge in [0.2, 0.25) is 0 Å². The van der Waals surface area contributed by atoms with Crippen LogP contribution in [-0.4, -0.2) is 54.9 Å². The minimum Gasteiger partial charge on any atom is -0.481 e. The van der Waals surface area contributed by atoms with Crippen molar-refractivity contribution in [2.45, 2.75) is 13.0 Å². The van der Waals surface area contributed by atoms with Crippen LogP contribution in [0, 0.1) is 5.92 Å². The molecule has 0 radical (unpaired) electrons. The van der Waals surface area contributed by atoms with Gasteiger partial charge in [-0.15, -0.1) is 0 Å². The minimum atomic E-state index is -0.843. The fourth-order valence-electron chi connectivity index (χ4n) is 1.23. The Labute approximate surface area is 88.2 Å². The molecule has 0 saturated carbocycles. The van der Waals surface area contributed by atoms with Crippen LogP contribution in [0.1, 0.15) is 6.92 Å². The van der Waals surface area contributed by atoms with Crippen molar-refractivity contribution in [3.05, 3.63) is 0 Å². The lowest BCUT2D eigenvalue weighted by Gasteiger charge is -2.36. The minimum absolute atomic E-state index is 0.0366. The highest BCUT2D eigenvalue weighted by atomic mass is 16.5. The number of amides is 2. The summed E-state index contributed by atoms with van der Waals surface area (Å²) in [5.74, 6) is -1.25. The first kappa shape index (κ1) is 11.8. The molecule has 0 bridgehead atoms. The lowest BCUT2D eigenvalue weighted by atomic mass is 10.0. The van der Waals surface area contributed by atoms with Crippen molar-refractivity contribution in [3.8, 4) is 0 Å². The van der Waals surface area contributed by atoms with E-state index in [2.05, 4.69) is 5.32 Å². The van der Waals surface area contributed by atoms with E-state index >= 15 is 0 Å². The first-order chi connectivity index (χ1) is 7.04. The van der Waals surface area contributed by atoms with E-state index in [0.717, 1.165) is 0 Å². The second-order valence-corrected chi connectivity index (χ2v) is 3.67. The predicted octanol–water partition coefficient (Wildman–Crippen LogP) is -0.253. The summed E-state index contributed by atoms with van der Waals surface area (Å²) in [5, 5.41) is 11.3. The zero-order valence-electron chi connectivity index (χ0n) is 8.90. The third-order valence-electron chi connectivity index (χ3n) is 2.46. The fraction of sp³-hybridized carbons (Fsp3) is 0.778. The van der Waals surface area contributed by atoms with Crippen LogP contribution in [0.4, 0.5) is 4.79 Å². The molecule has 6 heteroatoms. The van der Waals surface area contributed by atoms with Crippen LogP contribution in [-0.2, 0) is 9.53 Å². The molecule has 1 rings (SSSR count). The number of carboxylic acid groups (broad SMARTS) is 1. The average molecular weight is 216 g/mol. The fourth-order valence-corrected chi connectivity index (χ4v) is 1.23. The van der Waals surface area contributed by atoms with Gasteiger partial charge in [0.1, 0.15) is 0 Å². The van der Waals surface area contributed by atoms with E-state index in [1.54, 1.807) is 7.11 Å². The molecule has 1 unspecified atom stereocenters. The predicted molar refractivity (Wildman–Crippen MR) is 52.6 cm³/mol. The van der Waals surface area contributed by atoms with Crippen LogP contribution in [0.3, 0.4) is 0 Å². The molecular weight excluding hydrogens is 200 g/mol. The number of likely N-dealkylation sites (tertiary alicyclic amines) is 1. The van der Waals surface area contributed by atoms with Crippen molar-refractivity contribution < 1.29 is 19.4 Å². The van der Waals surface area contributed by atoms with Gasteiger partial charge >= 0.3 is 12.0 Å². The SMILES string of the molecule is COC(C)CNC(=O)N1CC(C(=O)O)C1. The Hall–Kier alpha value is -1.30.